The van der Waals surface area contributed by atoms with Gasteiger partial charge in [0, 0.05) is 5.69 Å². The number of benzene rings is 1. The highest BCUT2D eigenvalue weighted by molar-refractivity contribution is 9.10. The molecule has 2 aromatic rings. The quantitative estimate of drug-likeness (QED) is 0.767. The monoisotopic (exact) mass is 379 g/mol. The Bertz CT molecular complexity index is 695. The number of halogens is 1. The summed E-state index contributed by atoms with van der Waals surface area (Å²) >= 11 is 3.45. The molecule has 23 heavy (non-hydrogen) atoms. The molecule has 1 aromatic heterocycles. The summed E-state index contributed by atoms with van der Waals surface area (Å²) in [6, 6.07) is 5.63. The molecule has 0 radical (unpaired) electrons. The summed E-state index contributed by atoms with van der Waals surface area (Å²) in [6.45, 7) is 8.77. The third-order valence-corrected chi connectivity index (χ3v) is 4.25. The van der Waals surface area contributed by atoms with Gasteiger partial charge in [0.1, 0.15) is 5.75 Å². The van der Waals surface area contributed by atoms with Crippen molar-refractivity contribution in [1.82, 2.24) is 10.2 Å². The van der Waals surface area contributed by atoms with Crippen LogP contribution in [0.2, 0.25) is 0 Å². The Morgan fingerprint density at radius 2 is 2.17 bits per heavy atom. The molecule has 6 heteroatoms. The number of carbonyl (C=O) groups excluding carboxylic acids is 1. The van der Waals surface area contributed by atoms with Crippen LogP contribution in [0.15, 0.2) is 22.7 Å². The Morgan fingerprint density at radius 1 is 1.43 bits per heavy atom. The lowest BCUT2D eigenvalue weighted by Gasteiger charge is -2.10. The standard InChI is InChI=1S/C17H22BrN3O2/c1-5-8-23-12-6-7-13(11(4)9-12)19-17(22)16-14(18)15(10(2)3)20-21-16/h6-7,9-10H,5,8H2,1-4H3,(H,19,22)(H,20,21). The van der Waals surface area contributed by atoms with Crippen molar-refractivity contribution in [2.75, 3.05) is 11.9 Å². The van der Waals surface area contributed by atoms with Gasteiger partial charge in [-0.15, -0.1) is 0 Å². The van der Waals surface area contributed by atoms with Gasteiger partial charge in [-0.1, -0.05) is 20.8 Å². The first-order valence-electron chi connectivity index (χ1n) is 7.72. The lowest BCUT2D eigenvalue weighted by atomic mass is 10.1. The maximum Gasteiger partial charge on any atom is 0.277 e. The second kappa shape index (κ2) is 7.64. The molecule has 0 spiro atoms. The van der Waals surface area contributed by atoms with Crippen LogP contribution in [0.3, 0.4) is 0 Å². The number of nitrogens with one attached hydrogen (secondary N) is 2. The first-order chi connectivity index (χ1) is 10.9. The molecule has 1 aromatic carbocycles. The van der Waals surface area contributed by atoms with Gasteiger partial charge in [-0.2, -0.15) is 5.10 Å². The van der Waals surface area contributed by atoms with Crippen LogP contribution in [0.1, 0.15) is 54.9 Å². The van der Waals surface area contributed by atoms with E-state index in [1.165, 1.54) is 0 Å². The molecule has 0 aliphatic rings. The summed E-state index contributed by atoms with van der Waals surface area (Å²) < 4.78 is 6.31. The molecule has 0 aliphatic carbocycles. The summed E-state index contributed by atoms with van der Waals surface area (Å²) in [4.78, 5) is 12.4. The van der Waals surface area contributed by atoms with Crippen molar-refractivity contribution in [3.05, 3.63) is 39.6 Å². The summed E-state index contributed by atoms with van der Waals surface area (Å²) in [5, 5.41) is 9.92. The molecule has 0 saturated heterocycles. The predicted molar refractivity (Wildman–Crippen MR) is 95.3 cm³/mol. The molecule has 1 heterocycles. The minimum absolute atomic E-state index is 0.245. The Hall–Kier alpha value is -1.82. The molecule has 0 bridgehead atoms. The maximum atomic E-state index is 12.4. The number of aromatic nitrogens is 2. The summed E-state index contributed by atoms with van der Waals surface area (Å²) in [7, 11) is 0. The summed E-state index contributed by atoms with van der Waals surface area (Å²) in [6.07, 6.45) is 0.961. The van der Waals surface area contributed by atoms with Gasteiger partial charge in [0.05, 0.1) is 16.8 Å². The fraction of sp³-hybridized carbons (Fsp3) is 0.412. The second-order valence-electron chi connectivity index (χ2n) is 5.73. The topological polar surface area (TPSA) is 67.0 Å². The first-order valence-corrected chi connectivity index (χ1v) is 8.51. The highest BCUT2D eigenvalue weighted by Gasteiger charge is 2.19. The summed E-state index contributed by atoms with van der Waals surface area (Å²) in [5.74, 6) is 0.825. The molecule has 2 rings (SSSR count). The van der Waals surface area contributed by atoms with E-state index >= 15 is 0 Å². The number of nitrogens with zero attached hydrogens (tertiary/aromatic N) is 1. The number of aromatic amines is 1. The molecule has 0 fully saturated rings. The van der Waals surface area contributed by atoms with E-state index < -0.39 is 0 Å². The van der Waals surface area contributed by atoms with Crippen LogP contribution in [0.25, 0.3) is 0 Å². The van der Waals surface area contributed by atoms with Crippen LogP contribution in [-0.4, -0.2) is 22.7 Å². The molecule has 2 N–H and O–H groups in total. The molecule has 0 aliphatic heterocycles. The number of hydrogen-bond acceptors (Lipinski definition) is 3. The largest absolute Gasteiger partial charge is 0.494 e. The number of ether oxygens (including phenoxy) is 1. The van der Waals surface area contributed by atoms with Gasteiger partial charge in [0.2, 0.25) is 0 Å². The third kappa shape index (κ3) is 4.13. The van der Waals surface area contributed by atoms with Gasteiger partial charge in [-0.05, 0) is 59.0 Å². The van der Waals surface area contributed by atoms with Gasteiger partial charge in [0.15, 0.2) is 5.69 Å². The smallest absolute Gasteiger partial charge is 0.277 e. The van der Waals surface area contributed by atoms with Crippen molar-refractivity contribution in [3.8, 4) is 5.75 Å². The Kier molecular flexibility index (Phi) is 5.82. The fourth-order valence-electron chi connectivity index (χ4n) is 2.14. The number of carbonyl (C=O) groups is 1. The highest BCUT2D eigenvalue weighted by Crippen LogP contribution is 2.27. The number of H-pyrrole nitrogens is 1. The Labute approximate surface area is 144 Å². The lowest BCUT2D eigenvalue weighted by Crippen LogP contribution is -2.14. The number of anilines is 1. The zero-order chi connectivity index (χ0) is 17.0. The van der Waals surface area contributed by atoms with E-state index in [2.05, 4.69) is 38.4 Å². The SMILES string of the molecule is CCCOc1ccc(NC(=O)c2n[nH]c(C(C)C)c2Br)c(C)c1. The second-order valence-corrected chi connectivity index (χ2v) is 6.53. The van der Waals surface area contributed by atoms with Crippen molar-refractivity contribution < 1.29 is 9.53 Å². The maximum absolute atomic E-state index is 12.4. The van der Waals surface area contributed by atoms with Crippen LogP contribution < -0.4 is 10.1 Å². The van der Waals surface area contributed by atoms with E-state index in [1.54, 1.807) is 0 Å². The first kappa shape index (κ1) is 17.5. The van der Waals surface area contributed by atoms with Gasteiger partial charge in [-0.3, -0.25) is 9.89 Å². The van der Waals surface area contributed by atoms with E-state index in [0.29, 0.717) is 16.8 Å². The molecule has 124 valence electrons. The van der Waals surface area contributed by atoms with Crippen molar-refractivity contribution in [2.24, 2.45) is 0 Å². The highest BCUT2D eigenvalue weighted by atomic mass is 79.9. The number of rotatable bonds is 6. The van der Waals surface area contributed by atoms with Crippen molar-refractivity contribution >= 4 is 27.5 Å². The molecule has 5 nitrogen and oxygen atoms in total. The van der Waals surface area contributed by atoms with Gasteiger partial charge in [-0.25, -0.2) is 0 Å². The molecular formula is C17H22BrN3O2. The average molecular weight is 380 g/mol. The normalized spacial score (nSPS) is 10.9. The van der Waals surface area contributed by atoms with E-state index in [1.807, 2.05) is 39.0 Å². The Balaban J connectivity index is 2.14. The van der Waals surface area contributed by atoms with Crippen molar-refractivity contribution in [1.29, 1.82) is 0 Å². The van der Waals surface area contributed by atoms with Gasteiger partial charge in [0.25, 0.3) is 5.91 Å². The van der Waals surface area contributed by atoms with Gasteiger partial charge < -0.3 is 10.1 Å². The minimum atomic E-state index is -0.245. The van der Waals surface area contributed by atoms with Crippen molar-refractivity contribution in [3.63, 3.8) is 0 Å². The fourth-order valence-corrected chi connectivity index (χ4v) is 2.96. The van der Waals surface area contributed by atoms with E-state index in [4.69, 9.17) is 4.74 Å². The van der Waals surface area contributed by atoms with Gasteiger partial charge >= 0.3 is 0 Å². The number of amides is 1. The number of hydrogen-bond donors (Lipinski definition) is 2. The van der Waals surface area contributed by atoms with E-state index in [9.17, 15) is 4.79 Å². The third-order valence-electron chi connectivity index (χ3n) is 3.44. The Morgan fingerprint density at radius 3 is 2.74 bits per heavy atom. The molecule has 0 atom stereocenters. The van der Waals surface area contributed by atoms with Crippen molar-refractivity contribution in [2.45, 2.75) is 40.0 Å². The lowest BCUT2D eigenvalue weighted by molar-refractivity contribution is 0.102. The average Bonchev–Trinajstić information content (AvgIpc) is 2.89. The zero-order valence-corrected chi connectivity index (χ0v) is 15.5. The molecule has 0 unspecified atom stereocenters. The van der Waals surface area contributed by atoms with Crippen LogP contribution in [0, 0.1) is 6.92 Å². The van der Waals surface area contributed by atoms with Crippen LogP contribution >= 0.6 is 15.9 Å². The minimum Gasteiger partial charge on any atom is -0.494 e. The molecular weight excluding hydrogens is 358 g/mol. The van der Waals surface area contributed by atoms with Crippen LogP contribution in [0.4, 0.5) is 5.69 Å². The summed E-state index contributed by atoms with van der Waals surface area (Å²) in [5.41, 5.74) is 2.97. The molecule has 0 saturated carbocycles. The zero-order valence-electron chi connectivity index (χ0n) is 13.9. The van der Waals surface area contributed by atoms with Crippen LogP contribution in [-0.2, 0) is 0 Å². The molecule has 1 amide bonds. The van der Waals surface area contributed by atoms with E-state index in [-0.39, 0.29) is 11.8 Å². The van der Waals surface area contributed by atoms with Crippen LogP contribution in [0.5, 0.6) is 5.75 Å². The van der Waals surface area contributed by atoms with E-state index in [0.717, 1.165) is 29.1 Å². The number of aryl methyl sites for hydroxylation is 1. The predicted octanol–water partition coefficient (Wildman–Crippen LogP) is 4.65.